The summed E-state index contributed by atoms with van der Waals surface area (Å²) in [4.78, 5) is 17.1. The molecular formula is C23H19F3N4O4. The third-order valence-corrected chi connectivity index (χ3v) is 4.99. The highest BCUT2D eigenvalue weighted by molar-refractivity contribution is 6.04. The van der Waals surface area contributed by atoms with Gasteiger partial charge in [-0.15, -0.1) is 0 Å². The van der Waals surface area contributed by atoms with Crippen molar-refractivity contribution in [3.05, 3.63) is 66.0 Å². The number of hydrogen-bond donors (Lipinski definition) is 1. The highest BCUT2D eigenvalue weighted by atomic mass is 19.4. The van der Waals surface area contributed by atoms with Gasteiger partial charge in [0.1, 0.15) is 17.2 Å². The van der Waals surface area contributed by atoms with Gasteiger partial charge in [0.25, 0.3) is 5.91 Å². The fourth-order valence-electron chi connectivity index (χ4n) is 3.29. The van der Waals surface area contributed by atoms with Gasteiger partial charge < -0.3 is 19.5 Å². The highest BCUT2D eigenvalue weighted by Crippen LogP contribution is 2.33. The van der Waals surface area contributed by atoms with Gasteiger partial charge in [-0.1, -0.05) is 0 Å². The van der Waals surface area contributed by atoms with Crippen molar-refractivity contribution < 1.29 is 32.2 Å². The van der Waals surface area contributed by atoms with Crippen LogP contribution in [0.1, 0.15) is 16.2 Å². The van der Waals surface area contributed by atoms with Crippen LogP contribution in [0.3, 0.4) is 0 Å². The van der Waals surface area contributed by atoms with Crippen LogP contribution in [0.25, 0.3) is 16.9 Å². The van der Waals surface area contributed by atoms with Crippen LogP contribution in [0.4, 0.5) is 18.9 Å². The van der Waals surface area contributed by atoms with Crippen LogP contribution >= 0.6 is 0 Å². The maximum Gasteiger partial charge on any atom is 0.433 e. The number of fused-ring (bicyclic) bond motifs is 1. The van der Waals surface area contributed by atoms with Gasteiger partial charge in [-0.25, -0.2) is 9.50 Å². The lowest BCUT2D eigenvalue weighted by atomic mass is 10.1. The molecule has 0 aliphatic rings. The molecule has 0 saturated carbocycles. The summed E-state index contributed by atoms with van der Waals surface area (Å²) < 4.78 is 57.5. The standard InChI is InChI=1S/C23H19F3N4O4/c1-32-14-6-4-13(5-7-14)17-11-20(23(24,25)26)30-21(27-17)12-18(29-30)22(31)28-16-9-8-15(33-2)10-19(16)34-3/h4-12H,1-3H3,(H,28,31). The number of nitrogens with zero attached hydrogens (tertiary/aromatic N) is 3. The molecular weight excluding hydrogens is 453 g/mol. The van der Waals surface area contributed by atoms with E-state index in [1.165, 1.54) is 27.4 Å². The second-order valence-electron chi connectivity index (χ2n) is 7.07. The van der Waals surface area contributed by atoms with E-state index in [0.717, 1.165) is 6.07 Å². The molecule has 1 N–H and O–H groups in total. The van der Waals surface area contributed by atoms with Crippen LogP contribution in [0, 0.1) is 0 Å². The number of carbonyl (C=O) groups excluding carboxylic acids is 1. The van der Waals surface area contributed by atoms with E-state index in [9.17, 15) is 18.0 Å². The first-order chi connectivity index (χ1) is 16.2. The SMILES string of the molecule is COc1ccc(-c2cc(C(F)(F)F)n3nc(C(=O)Nc4ccc(OC)cc4OC)cc3n2)cc1. The third kappa shape index (κ3) is 4.45. The second-order valence-corrected chi connectivity index (χ2v) is 7.07. The molecule has 8 nitrogen and oxygen atoms in total. The molecule has 0 fully saturated rings. The Morgan fingerprint density at radius 1 is 0.912 bits per heavy atom. The average molecular weight is 472 g/mol. The van der Waals surface area contributed by atoms with Crippen molar-refractivity contribution in [2.75, 3.05) is 26.6 Å². The number of nitrogens with one attached hydrogen (secondary N) is 1. The number of carbonyl (C=O) groups is 1. The lowest BCUT2D eigenvalue weighted by Gasteiger charge is -2.11. The molecule has 0 radical (unpaired) electrons. The number of halogens is 3. The molecule has 1 amide bonds. The van der Waals surface area contributed by atoms with Crippen molar-refractivity contribution in [2.45, 2.75) is 6.18 Å². The number of methoxy groups -OCH3 is 3. The molecule has 4 rings (SSSR count). The maximum atomic E-state index is 13.8. The summed E-state index contributed by atoms with van der Waals surface area (Å²) in [6.45, 7) is 0. The third-order valence-electron chi connectivity index (χ3n) is 4.99. The molecule has 2 aromatic carbocycles. The normalized spacial score (nSPS) is 11.4. The Morgan fingerprint density at radius 3 is 2.21 bits per heavy atom. The van der Waals surface area contributed by atoms with E-state index in [2.05, 4.69) is 15.4 Å². The number of anilines is 1. The van der Waals surface area contributed by atoms with E-state index in [0.29, 0.717) is 33.0 Å². The van der Waals surface area contributed by atoms with E-state index in [-0.39, 0.29) is 17.0 Å². The maximum absolute atomic E-state index is 13.8. The van der Waals surface area contributed by atoms with Crippen molar-refractivity contribution in [1.82, 2.24) is 14.6 Å². The summed E-state index contributed by atoms with van der Waals surface area (Å²) in [6, 6.07) is 13.2. The minimum absolute atomic E-state index is 0.0751. The van der Waals surface area contributed by atoms with Gasteiger partial charge in [-0.05, 0) is 42.5 Å². The molecule has 11 heteroatoms. The zero-order valence-electron chi connectivity index (χ0n) is 18.3. The number of rotatable bonds is 6. The Morgan fingerprint density at radius 2 is 1.59 bits per heavy atom. The van der Waals surface area contributed by atoms with Crippen molar-refractivity contribution in [1.29, 1.82) is 0 Å². The summed E-state index contributed by atoms with van der Waals surface area (Å²) in [6.07, 6.45) is -4.73. The lowest BCUT2D eigenvalue weighted by Crippen LogP contribution is -2.16. The van der Waals surface area contributed by atoms with Gasteiger partial charge in [0, 0.05) is 17.7 Å². The van der Waals surface area contributed by atoms with E-state index >= 15 is 0 Å². The Kier molecular flexibility index (Phi) is 6.01. The topological polar surface area (TPSA) is 87.0 Å². The van der Waals surface area contributed by atoms with Crippen LogP contribution in [0.2, 0.25) is 0 Å². The molecule has 0 atom stereocenters. The Hall–Kier alpha value is -4.28. The molecule has 0 saturated heterocycles. The second kappa shape index (κ2) is 8.93. The number of benzene rings is 2. The molecule has 0 spiro atoms. The summed E-state index contributed by atoms with van der Waals surface area (Å²) >= 11 is 0. The summed E-state index contributed by atoms with van der Waals surface area (Å²) in [5.41, 5.74) is -0.622. The van der Waals surface area contributed by atoms with Crippen molar-refractivity contribution in [3.63, 3.8) is 0 Å². The molecule has 0 bridgehead atoms. The van der Waals surface area contributed by atoms with Crippen molar-refractivity contribution >= 4 is 17.2 Å². The molecule has 2 heterocycles. The summed E-state index contributed by atoms with van der Waals surface area (Å²) in [5.74, 6) is 0.645. The number of hydrogen-bond acceptors (Lipinski definition) is 6. The van der Waals surface area contributed by atoms with Crippen LogP contribution in [0.15, 0.2) is 54.6 Å². The van der Waals surface area contributed by atoms with Crippen molar-refractivity contribution in [3.8, 4) is 28.5 Å². The van der Waals surface area contributed by atoms with Gasteiger partial charge in [0.15, 0.2) is 17.0 Å². The number of alkyl halides is 3. The van der Waals surface area contributed by atoms with E-state index < -0.39 is 17.8 Å². The van der Waals surface area contributed by atoms with Gasteiger partial charge >= 0.3 is 6.18 Å². The fourth-order valence-corrected chi connectivity index (χ4v) is 3.29. The molecule has 0 unspecified atom stereocenters. The predicted octanol–water partition coefficient (Wildman–Crippen LogP) is 4.69. The summed E-state index contributed by atoms with van der Waals surface area (Å²) in [7, 11) is 4.38. The van der Waals surface area contributed by atoms with Gasteiger partial charge in [0.2, 0.25) is 0 Å². The van der Waals surface area contributed by atoms with Crippen LogP contribution in [-0.2, 0) is 6.18 Å². The molecule has 0 aliphatic carbocycles. The lowest BCUT2D eigenvalue weighted by molar-refractivity contribution is -0.142. The molecule has 0 aliphatic heterocycles. The fraction of sp³-hybridized carbons (Fsp3) is 0.174. The quantitative estimate of drug-likeness (QED) is 0.438. The van der Waals surface area contributed by atoms with E-state index in [1.54, 1.807) is 42.5 Å². The molecule has 2 aromatic heterocycles. The number of ether oxygens (including phenoxy) is 3. The zero-order chi connectivity index (χ0) is 24.5. The molecule has 4 aromatic rings. The Labute approximate surface area is 191 Å². The van der Waals surface area contributed by atoms with Gasteiger partial charge in [-0.2, -0.15) is 18.3 Å². The first kappa shape index (κ1) is 22.9. The van der Waals surface area contributed by atoms with E-state index in [4.69, 9.17) is 14.2 Å². The summed E-state index contributed by atoms with van der Waals surface area (Å²) in [5, 5.41) is 6.45. The largest absolute Gasteiger partial charge is 0.497 e. The first-order valence-corrected chi connectivity index (χ1v) is 9.89. The minimum Gasteiger partial charge on any atom is -0.497 e. The van der Waals surface area contributed by atoms with Gasteiger partial charge in [-0.3, -0.25) is 4.79 Å². The minimum atomic E-state index is -4.73. The Balaban J connectivity index is 1.74. The average Bonchev–Trinajstić information content (AvgIpc) is 3.27. The molecule has 34 heavy (non-hydrogen) atoms. The monoisotopic (exact) mass is 472 g/mol. The van der Waals surface area contributed by atoms with Crippen LogP contribution in [-0.4, -0.2) is 41.8 Å². The zero-order valence-corrected chi connectivity index (χ0v) is 18.3. The number of aromatic nitrogens is 3. The molecule has 176 valence electrons. The Bertz CT molecular complexity index is 1350. The van der Waals surface area contributed by atoms with Crippen LogP contribution in [0.5, 0.6) is 17.2 Å². The highest BCUT2D eigenvalue weighted by Gasteiger charge is 2.35. The van der Waals surface area contributed by atoms with Crippen molar-refractivity contribution in [2.24, 2.45) is 0 Å². The first-order valence-electron chi connectivity index (χ1n) is 9.89. The number of amides is 1. The van der Waals surface area contributed by atoms with E-state index in [1.807, 2.05) is 0 Å². The smallest absolute Gasteiger partial charge is 0.433 e. The van der Waals surface area contributed by atoms with Crippen LogP contribution < -0.4 is 19.5 Å². The predicted molar refractivity (Wildman–Crippen MR) is 117 cm³/mol. The van der Waals surface area contributed by atoms with Gasteiger partial charge in [0.05, 0.1) is 32.7 Å².